The van der Waals surface area contributed by atoms with Gasteiger partial charge in [0.2, 0.25) is 0 Å². The highest BCUT2D eigenvalue weighted by atomic mass is 79.9. The zero-order valence-electron chi connectivity index (χ0n) is 10.5. The Kier molecular flexibility index (Phi) is 4.16. The first-order valence-corrected chi connectivity index (χ1v) is 7.27. The number of aryl methyl sites for hydroxylation is 2. The smallest absolute Gasteiger partial charge is 0.269 e. The fourth-order valence-corrected chi connectivity index (χ4v) is 2.96. The van der Waals surface area contributed by atoms with Crippen molar-refractivity contribution in [2.75, 3.05) is 11.1 Å². The topological polar surface area (TPSA) is 80.9 Å². The number of anilines is 2. The lowest BCUT2D eigenvalue weighted by atomic mass is 10.1. The molecule has 0 saturated carbocycles. The first-order chi connectivity index (χ1) is 9.02. The molecule has 0 aliphatic rings. The van der Waals surface area contributed by atoms with E-state index in [0.29, 0.717) is 28.4 Å². The maximum Gasteiger partial charge on any atom is 0.269 e. The number of carbonyl (C=O) groups is 1. The highest BCUT2D eigenvalue weighted by molar-refractivity contribution is 9.10. The first-order valence-electron chi connectivity index (χ1n) is 5.71. The lowest BCUT2D eigenvalue weighted by Gasteiger charge is -2.11. The fourth-order valence-electron chi connectivity index (χ4n) is 1.72. The van der Waals surface area contributed by atoms with Crippen LogP contribution in [0, 0.1) is 6.92 Å². The van der Waals surface area contributed by atoms with E-state index in [9.17, 15) is 4.79 Å². The van der Waals surface area contributed by atoms with E-state index in [-0.39, 0.29) is 5.91 Å². The number of hydrogen-bond donors (Lipinski definition) is 2. The Balaban J connectivity index is 2.29. The molecule has 0 spiro atoms. The van der Waals surface area contributed by atoms with Crippen LogP contribution in [0.4, 0.5) is 11.4 Å². The summed E-state index contributed by atoms with van der Waals surface area (Å²) >= 11 is 4.46. The van der Waals surface area contributed by atoms with Crippen molar-refractivity contribution in [2.24, 2.45) is 0 Å². The first kappa shape index (κ1) is 14.0. The van der Waals surface area contributed by atoms with Crippen LogP contribution < -0.4 is 11.1 Å². The zero-order chi connectivity index (χ0) is 14.0. The molecule has 2 rings (SSSR count). The third-order valence-corrected chi connectivity index (χ3v) is 3.89. The minimum Gasteiger partial charge on any atom is -0.397 e. The van der Waals surface area contributed by atoms with Crippen LogP contribution in [0.5, 0.6) is 0 Å². The molecule has 3 N–H and O–H groups in total. The average Bonchev–Trinajstić information content (AvgIpc) is 2.81. The quantitative estimate of drug-likeness (QED) is 0.841. The minimum atomic E-state index is -0.219. The van der Waals surface area contributed by atoms with E-state index in [1.54, 1.807) is 6.07 Å². The molecule has 0 saturated heterocycles. The second-order valence-electron chi connectivity index (χ2n) is 4.04. The normalized spacial score (nSPS) is 10.5. The summed E-state index contributed by atoms with van der Waals surface area (Å²) in [5, 5.41) is 6.75. The number of amides is 1. The van der Waals surface area contributed by atoms with E-state index in [4.69, 9.17) is 5.73 Å². The molecule has 0 bridgehead atoms. The Morgan fingerprint density at radius 2 is 2.26 bits per heavy atom. The van der Waals surface area contributed by atoms with Gasteiger partial charge in [-0.05, 0) is 42.6 Å². The number of rotatable bonds is 3. The van der Waals surface area contributed by atoms with Crippen molar-refractivity contribution in [3.63, 3.8) is 0 Å². The Morgan fingerprint density at radius 1 is 1.53 bits per heavy atom. The monoisotopic (exact) mass is 340 g/mol. The summed E-state index contributed by atoms with van der Waals surface area (Å²) in [7, 11) is 0. The van der Waals surface area contributed by atoms with Crippen LogP contribution in [0.1, 0.15) is 27.9 Å². The number of nitrogens with zero attached hydrogens (tertiary/aromatic N) is 2. The number of nitrogens with two attached hydrogens (primary N) is 1. The van der Waals surface area contributed by atoms with Gasteiger partial charge < -0.3 is 11.1 Å². The summed E-state index contributed by atoms with van der Waals surface area (Å²) in [5.74, 6) is -0.219. The van der Waals surface area contributed by atoms with Crippen LogP contribution in [0.15, 0.2) is 16.6 Å². The predicted octanol–water partition coefficient (Wildman–Crippen LogP) is 3.01. The molecule has 0 fully saturated rings. The Hall–Kier alpha value is -1.47. The van der Waals surface area contributed by atoms with Crippen molar-refractivity contribution in [1.29, 1.82) is 0 Å². The molecule has 2 aromatic rings. The molecule has 0 radical (unpaired) electrons. The van der Waals surface area contributed by atoms with Gasteiger partial charge in [0.15, 0.2) is 0 Å². The van der Waals surface area contributed by atoms with E-state index < -0.39 is 0 Å². The van der Waals surface area contributed by atoms with E-state index in [0.717, 1.165) is 21.6 Å². The fraction of sp³-hybridized carbons (Fsp3) is 0.250. The molecule has 1 amide bonds. The lowest BCUT2D eigenvalue weighted by Crippen LogP contribution is -2.14. The number of hydrogen-bond acceptors (Lipinski definition) is 5. The second kappa shape index (κ2) is 5.66. The number of nitrogens with one attached hydrogen (secondary N) is 1. The molecule has 7 heteroatoms. The minimum absolute atomic E-state index is 0.219. The molecule has 0 atom stereocenters. The Morgan fingerprint density at radius 3 is 2.89 bits per heavy atom. The van der Waals surface area contributed by atoms with Crippen LogP contribution in [0.3, 0.4) is 0 Å². The predicted molar refractivity (Wildman–Crippen MR) is 80.5 cm³/mol. The van der Waals surface area contributed by atoms with Gasteiger partial charge in [0, 0.05) is 4.47 Å². The summed E-state index contributed by atoms with van der Waals surface area (Å²) < 4.78 is 4.69. The number of carbonyl (C=O) groups excluding carboxylic acids is 1. The average molecular weight is 341 g/mol. The van der Waals surface area contributed by atoms with Gasteiger partial charge in [0.25, 0.3) is 5.91 Å². The molecular weight excluding hydrogens is 328 g/mol. The third kappa shape index (κ3) is 2.93. The SMILES string of the molecule is CCc1nnsc1C(=O)Nc1c(C)cc(Br)cc1N. The van der Waals surface area contributed by atoms with Gasteiger partial charge in [-0.15, -0.1) is 5.10 Å². The molecule has 1 aromatic carbocycles. The second-order valence-corrected chi connectivity index (χ2v) is 5.71. The molecular formula is C12H13BrN4OS. The van der Waals surface area contributed by atoms with Gasteiger partial charge in [-0.2, -0.15) is 0 Å². The Labute approximate surface area is 123 Å². The summed E-state index contributed by atoms with van der Waals surface area (Å²) in [4.78, 5) is 12.7. The van der Waals surface area contributed by atoms with Crippen molar-refractivity contribution >= 4 is 44.7 Å². The molecule has 0 unspecified atom stereocenters. The summed E-state index contributed by atoms with van der Waals surface area (Å²) in [6.45, 7) is 3.83. The van der Waals surface area contributed by atoms with E-state index >= 15 is 0 Å². The summed E-state index contributed by atoms with van der Waals surface area (Å²) in [6, 6.07) is 3.66. The summed E-state index contributed by atoms with van der Waals surface area (Å²) in [5.41, 5.74) is 8.68. The van der Waals surface area contributed by atoms with Crippen LogP contribution in [-0.4, -0.2) is 15.5 Å². The standard InChI is InChI=1S/C12H13BrN4OS/c1-3-9-11(19-17-16-9)12(18)15-10-6(2)4-7(13)5-8(10)14/h4-5H,3,14H2,1-2H3,(H,15,18). The van der Waals surface area contributed by atoms with Crippen molar-refractivity contribution in [3.8, 4) is 0 Å². The number of nitrogen functional groups attached to an aromatic ring is 1. The zero-order valence-corrected chi connectivity index (χ0v) is 12.9. The van der Waals surface area contributed by atoms with E-state index in [2.05, 4.69) is 30.8 Å². The van der Waals surface area contributed by atoms with Crippen LogP contribution in [0.25, 0.3) is 0 Å². The highest BCUT2D eigenvalue weighted by Gasteiger charge is 2.17. The molecule has 0 aliphatic carbocycles. The van der Waals surface area contributed by atoms with Gasteiger partial charge in [-0.1, -0.05) is 27.3 Å². The van der Waals surface area contributed by atoms with Crippen LogP contribution in [-0.2, 0) is 6.42 Å². The molecule has 1 heterocycles. The van der Waals surface area contributed by atoms with Gasteiger partial charge in [0.1, 0.15) is 4.88 Å². The largest absolute Gasteiger partial charge is 0.397 e. The number of benzene rings is 1. The molecule has 0 aliphatic heterocycles. The molecule has 19 heavy (non-hydrogen) atoms. The number of aromatic nitrogens is 2. The van der Waals surface area contributed by atoms with E-state index in [1.165, 1.54) is 0 Å². The van der Waals surface area contributed by atoms with Crippen molar-refractivity contribution < 1.29 is 4.79 Å². The molecule has 100 valence electrons. The molecule has 5 nitrogen and oxygen atoms in total. The molecule has 1 aromatic heterocycles. The van der Waals surface area contributed by atoms with Crippen LogP contribution >= 0.6 is 27.5 Å². The van der Waals surface area contributed by atoms with Gasteiger partial charge in [-0.25, -0.2) is 0 Å². The third-order valence-electron chi connectivity index (χ3n) is 2.67. The van der Waals surface area contributed by atoms with Gasteiger partial charge >= 0.3 is 0 Å². The highest BCUT2D eigenvalue weighted by Crippen LogP contribution is 2.28. The summed E-state index contributed by atoms with van der Waals surface area (Å²) in [6.07, 6.45) is 0.675. The lowest BCUT2D eigenvalue weighted by molar-refractivity contribution is 0.102. The maximum atomic E-state index is 12.2. The van der Waals surface area contributed by atoms with Crippen molar-refractivity contribution in [3.05, 3.63) is 32.7 Å². The maximum absolute atomic E-state index is 12.2. The van der Waals surface area contributed by atoms with Crippen LogP contribution in [0.2, 0.25) is 0 Å². The number of halogens is 1. The van der Waals surface area contributed by atoms with Gasteiger partial charge in [0.05, 0.1) is 17.1 Å². The Bertz CT molecular complexity index is 603. The van der Waals surface area contributed by atoms with Crippen molar-refractivity contribution in [2.45, 2.75) is 20.3 Å². The van der Waals surface area contributed by atoms with E-state index in [1.807, 2.05) is 19.9 Å². The van der Waals surface area contributed by atoms with Crippen molar-refractivity contribution in [1.82, 2.24) is 9.59 Å². The van der Waals surface area contributed by atoms with Gasteiger partial charge in [-0.3, -0.25) is 4.79 Å².